The van der Waals surface area contributed by atoms with Crippen molar-refractivity contribution in [1.82, 2.24) is 39.3 Å². The molecule has 0 bridgehead atoms. The molecule has 69 heavy (non-hydrogen) atoms. The molecule has 1 amide bonds. The molecule has 0 atom stereocenters. The van der Waals surface area contributed by atoms with Crippen molar-refractivity contribution in [3.8, 4) is 53.7 Å². The van der Waals surface area contributed by atoms with Crippen LogP contribution in [0.15, 0.2) is 110 Å². The van der Waals surface area contributed by atoms with Gasteiger partial charge in [0.2, 0.25) is 0 Å². The summed E-state index contributed by atoms with van der Waals surface area (Å²) in [6, 6.07) is 27.6. The maximum Gasteiger partial charge on any atom is 0.410 e. The zero-order valence-corrected chi connectivity index (χ0v) is 43.4. The highest BCUT2D eigenvalue weighted by atomic mass is 35.5. The summed E-state index contributed by atoms with van der Waals surface area (Å²) in [7, 11) is 0. The van der Waals surface area contributed by atoms with Crippen LogP contribution in [0.4, 0.5) is 16.4 Å². The lowest BCUT2D eigenvalue weighted by molar-refractivity contribution is 0.0240. The monoisotopic (exact) mass is 1040 g/mol. The van der Waals surface area contributed by atoms with Crippen molar-refractivity contribution >= 4 is 86.8 Å². The number of pyridine rings is 2. The van der Waals surface area contributed by atoms with E-state index in [4.69, 9.17) is 71.1 Å². The number of aryl methyl sites for hydroxylation is 2. The molecule has 8 aromatic rings. The van der Waals surface area contributed by atoms with Gasteiger partial charge in [-0.15, -0.1) is 22.7 Å². The molecule has 0 radical (unpaired) electrons. The Labute approximate surface area is 430 Å². The number of piperazine rings is 2. The summed E-state index contributed by atoms with van der Waals surface area (Å²) < 4.78 is 9.49. The highest BCUT2D eigenvalue weighted by Crippen LogP contribution is 2.39. The van der Waals surface area contributed by atoms with Gasteiger partial charge in [-0.25, -0.2) is 24.7 Å². The lowest BCUT2D eigenvalue weighted by Gasteiger charge is -2.36. The maximum absolute atomic E-state index is 12.3. The second-order valence-electron chi connectivity index (χ2n) is 17.7. The molecule has 0 saturated carbocycles. The first-order valence-corrected chi connectivity index (χ1v) is 25.6. The van der Waals surface area contributed by atoms with Crippen LogP contribution in [0.25, 0.3) is 53.7 Å². The van der Waals surface area contributed by atoms with Crippen LogP contribution in [0, 0.1) is 13.8 Å². The summed E-state index contributed by atoms with van der Waals surface area (Å²) in [5.74, 6) is 3.60. The van der Waals surface area contributed by atoms with Crippen molar-refractivity contribution in [2.24, 2.45) is 0 Å². The van der Waals surface area contributed by atoms with E-state index < -0.39 is 5.60 Å². The second-order valence-corrected chi connectivity index (χ2v) is 21.5. The number of hydrogen-bond donors (Lipinski definition) is 1. The van der Waals surface area contributed by atoms with E-state index in [0.29, 0.717) is 46.3 Å². The topological polar surface area (TPSA) is 109 Å². The van der Waals surface area contributed by atoms with Crippen LogP contribution >= 0.6 is 69.1 Å². The number of thiophene rings is 2. The van der Waals surface area contributed by atoms with Crippen molar-refractivity contribution in [3.63, 3.8) is 0 Å². The van der Waals surface area contributed by atoms with Gasteiger partial charge in [-0.3, -0.25) is 9.13 Å². The summed E-state index contributed by atoms with van der Waals surface area (Å²) in [6.07, 6.45) is 7.54. The van der Waals surface area contributed by atoms with E-state index in [1.54, 1.807) is 45.8 Å². The van der Waals surface area contributed by atoms with Crippen molar-refractivity contribution in [1.29, 1.82) is 0 Å². The summed E-state index contributed by atoms with van der Waals surface area (Å²) in [5.41, 5.74) is 5.07. The van der Waals surface area contributed by atoms with Gasteiger partial charge in [0.25, 0.3) is 0 Å². The van der Waals surface area contributed by atoms with Crippen LogP contribution in [-0.4, -0.2) is 98.0 Å². The van der Waals surface area contributed by atoms with Gasteiger partial charge in [0.1, 0.15) is 17.2 Å². The number of nitrogens with zero attached hydrogens (tertiary/aromatic N) is 9. The Hall–Kier alpha value is -5.45. The average molecular weight is 1040 g/mol. The highest BCUT2D eigenvalue weighted by Gasteiger charge is 2.27. The number of nitrogens with one attached hydrogen (secondary N) is 1. The molecule has 356 valence electrons. The van der Waals surface area contributed by atoms with Crippen LogP contribution in [0.3, 0.4) is 0 Å². The molecule has 2 aliphatic heterocycles. The van der Waals surface area contributed by atoms with Crippen LogP contribution in [0.5, 0.6) is 0 Å². The summed E-state index contributed by atoms with van der Waals surface area (Å²) in [5, 5.41) is 5.87. The minimum absolute atomic E-state index is 0.262. The first kappa shape index (κ1) is 48.6. The number of imidazole rings is 2. The van der Waals surface area contributed by atoms with Crippen molar-refractivity contribution < 1.29 is 9.53 Å². The van der Waals surface area contributed by atoms with E-state index in [1.807, 2.05) is 92.8 Å². The van der Waals surface area contributed by atoms with Gasteiger partial charge in [-0.05, 0) is 120 Å². The van der Waals surface area contributed by atoms with E-state index in [0.717, 1.165) is 103 Å². The fourth-order valence-electron chi connectivity index (χ4n) is 8.05. The zero-order chi connectivity index (χ0) is 48.4. The highest BCUT2D eigenvalue weighted by molar-refractivity contribution is 7.19. The predicted octanol–water partition coefficient (Wildman–Crippen LogP) is 13.0. The molecule has 12 nitrogen and oxygen atoms in total. The molecular formula is C51H50Cl4N10O2S2. The van der Waals surface area contributed by atoms with Gasteiger partial charge < -0.3 is 24.8 Å². The first-order valence-electron chi connectivity index (χ1n) is 22.5. The number of carbonyl (C=O) groups excluding carboxylic acids is 1. The zero-order valence-electron chi connectivity index (χ0n) is 38.7. The molecule has 1 N–H and O–H groups in total. The van der Waals surface area contributed by atoms with Crippen molar-refractivity contribution in [2.75, 3.05) is 62.2 Å². The number of anilines is 2. The van der Waals surface area contributed by atoms with Gasteiger partial charge in [0.15, 0.2) is 11.6 Å². The molecule has 2 saturated heterocycles. The lowest BCUT2D eigenvalue weighted by atomic mass is 10.2. The quantitative estimate of drug-likeness (QED) is 0.159. The van der Waals surface area contributed by atoms with E-state index in [9.17, 15) is 4.79 Å². The molecule has 2 fully saturated rings. The number of ether oxygens (including phenoxy) is 1. The molecular weight excluding hydrogens is 991 g/mol. The van der Waals surface area contributed by atoms with E-state index in [2.05, 4.69) is 57.6 Å². The minimum Gasteiger partial charge on any atom is -0.444 e. The summed E-state index contributed by atoms with van der Waals surface area (Å²) >= 11 is 28.8. The Morgan fingerprint density at radius 2 is 1.04 bits per heavy atom. The SMILES string of the molecule is Cc1cn(-c2cc(Cl)ccc2Cl)c(-c2ccc(-c3ccc(N4CCN(C(=O)OC(C)(C)C)CC4)nc3)s2)n1.Cc1cn(-c2cc(Cl)ccc2Cl)c(-c2ccc(-c3ccc(N4CCNCC4)nc3)s2)n1. The van der Waals surface area contributed by atoms with Crippen LogP contribution < -0.4 is 15.1 Å². The molecule has 8 heterocycles. The first-order chi connectivity index (χ1) is 33.2. The van der Waals surface area contributed by atoms with Gasteiger partial charge in [0, 0.05) is 108 Å². The standard InChI is InChI=1S/C28H29Cl2N5O2S.C23H21Cl2N5S/c1-18-17-35(22-15-20(29)6-7-21(22)30)26(32-18)24-9-8-23(38-24)19-5-10-25(31-16-19)33-11-13-34(14-12-33)27(36)37-28(2,3)4;1-15-14-30(19-12-17(24)3-4-18(19)25)23(28-15)21-6-5-20(31-21)16-2-7-22(27-13-16)29-10-8-26-9-11-29/h5-10,15-17H,11-14H2,1-4H3;2-7,12-14,26H,8-11H2,1H3. The van der Waals surface area contributed by atoms with Crippen molar-refractivity contribution in [3.05, 3.63) is 141 Å². The second kappa shape index (κ2) is 20.9. The molecule has 6 aromatic heterocycles. The van der Waals surface area contributed by atoms with E-state index >= 15 is 0 Å². The Balaban J connectivity index is 0.000000175. The van der Waals surface area contributed by atoms with Crippen molar-refractivity contribution in [2.45, 2.75) is 40.2 Å². The number of amides is 1. The van der Waals surface area contributed by atoms with Gasteiger partial charge >= 0.3 is 6.09 Å². The smallest absolute Gasteiger partial charge is 0.410 e. The number of rotatable bonds is 8. The minimum atomic E-state index is -0.492. The van der Waals surface area contributed by atoms with E-state index in [1.165, 1.54) is 0 Å². The van der Waals surface area contributed by atoms with Gasteiger partial charge in [0.05, 0.1) is 42.6 Å². The Morgan fingerprint density at radius 1 is 0.594 bits per heavy atom. The molecule has 2 aliphatic rings. The van der Waals surface area contributed by atoms with Gasteiger partial charge in [-0.2, -0.15) is 0 Å². The number of carbonyl (C=O) groups is 1. The molecule has 2 aromatic carbocycles. The average Bonchev–Trinajstić information content (AvgIpc) is 4.18. The molecule has 0 unspecified atom stereocenters. The Kier molecular flexibility index (Phi) is 14.7. The third kappa shape index (κ3) is 11.4. The molecule has 0 aliphatic carbocycles. The van der Waals surface area contributed by atoms with Gasteiger partial charge in [-0.1, -0.05) is 46.4 Å². The molecule has 10 rings (SSSR count). The fraction of sp³-hybridized carbons (Fsp3) is 0.275. The normalized spacial score (nSPS) is 14.2. The largest absolute Gasteiger partial charge is 0.444 e. The van der Waals surface area contributed by atoms with Crippen LogP contribution in [-0.2, 0) is 4.74 Å². The number of halogens is 4. The number of hydrogen-bond acceptors (Lipinski definition) is 11. The third-order valence-electron chi connectivity index (χ3n) is 11.4. The summed E-state index contributed by atoms with van der Waals surface area (Å²) in [6.45, 7) is 16.2. The number of benzene rings is 2. The van der Waals surface area contributed by atoms with Crippen LogP contribution in [0.2, 0.25) is 20.1 Å². The molecule has 18 heteroatoms. The fourth-order valence-corrected chi connectivity index (χ4v) is 10.8. The van der Waals surface area contributed by atoms with Crippen LogP contribution in [0.1, 0.15) is 32.2 Å². The Bertz CT molecular complexity index is 3070. The number of aromatic nitrogens is 6. The summed E-state index contributed by atoms with van der Waals surface area (Å²) in [4.78, 5) is 41.9. The third-order valence-corrected chi connectivity index (χ3v) is 14.8. The molecule has 0 spiro atoms. The lowest BCUT2D eigenvalue weighted by Crippen LogP contribution is -2.50. The Morgan fingerprint density at radius 3 is 1.48 bits per heavy atom. The van der Waals surface area contributed by atoms with E-state index in [-0.39, 0.29) is 6.09 Å². The predicted molar refractivity (Wildman–Crippen MR) is 285 cm³/mol. The maximum atomic E-state index is 12.3.